The second-order valence-electron chi connectivity index (χ2n) is 5.95. The SMILES string of the molecule is COc1cc2c(c(OC)c1)C(CNc1cnccc1C=O)CCC2. The number of aromatic nitrogens is 1. The van der Waals surface area contributed by atoms with Gasteiger partial charge in [0.1, 0.15) is 11.5 Å². The van der Waals surface area contributed by atoms with Gasteiger partial charge in [-0.05, 0) is 37.0 Å². The fourth-order valence-electron chi connectivity index (χ4n) is 3.39. The molecule has 1 atom stereocenters. The first kappa shape index (κ1) is 16.3. The van der Waals surface area contributed by atoms with Crippen LogP contribution in [0.15, 0.2) is 30.6 Å². The number of hydrogen-bond donors (Lipinski definition) is 1. The third-order valence-electron chi connectivity index (χ3n) is 4.58. The molecule has 0 spiro atoms. The molecular formula is C19H22N2O3. The Morgan fingerprint density at radius 3 is 2.96 bits per heavy atom. The quantitative estimate of drug-likeness (QED) is 0.824. The van der Waals surface area contributed by atoms with Gasteiger partial charge in [0.2, 0.25) is 0 Å². The summed E-state index contributed by atoms with van der Waals surface area (Å²) < 4.78 is 11.0. The van der Waals surface area contributed by atoms with Crippen molar-refractivity contribution in [3.8, 4) is 11.5 Å². The number of benzene rings is 1. The van der Waals surface area contributed by atoms with E-state index in [1.54, 1.807) is 32.7 Å². The highest BCUT2D eigenvalue weighted by Gasteiger charge is 2.25. The van der Waals surface area contributed by atoms with Crippen LogP contribution in [0.4, 0.5) is 5.69 Å². The Kier molecular flexibility index (Phi) is 4.99. The molecule has 0 saturated carbocycles. The zero-order valence-electron chi connectivity index (χ0n) is 14.0. The van der Waals surface area contributed by atoms with Gasteiger partial charge in [-0.25, -0.2) is 0 Å². The summed E-state index contributed by atoms with van der Waals surface area (Å²) in [7, 11) is 3.37. The maximum Gasteiger partial charge on any atom is 0.152 e. The molecule has 3 rings (SSSR count). The number of aldehydes is 1. The summed E-state index contributed by atoms with van der Waals surface area (Å²) in [4.78, 5) is 15.2. The molecular weight excluding hydrogens is 304 g/mol. The molecule has 5 heteroatoms. The van der Waals surface area contributed by atoms with E-state index in [1.807, 2.05) is 6.07 Å². The van der Waals surface area contributed by atoms with E-state index in [0.29, 0.717) is 11.5 Å². The number of methoxy groups -OCH3 is 2. The number of hydrogen-bond acceptors (Lipinski definition) is 5. The van der Waals surface area contributed by atoms with Crippen molar-refractivity contribution < 1.29 is 14.3 Å². The lowest BCUT2D eigenvalue weighted by atomic mass is 9.82. The molecule has 1 aliphatic rings. The lowest BCUT2D eigenvalue weighted by molar-refractivity contribution is 0.112. The van der Waals surface area contributed by atoms with Crippen molar-refractivity contribution in [2.45, 2.75) is 25.2 Å². The number of nitrogens with zero attached hydrogens (tertiary/aromatic N) is 1. The van der Waals surface area contributed by atoms with Crippen molar-refractivity contribution in [3.05, 3.63) is 47.3 Å². The number of carbonyl (C=O) groups is 1. The molecule has 1 unspecified atom stereocenters. The van der Waals surface area contributed by atoms with Gasteiger partial charge in [-0.1, -0.05) is 0 Å². The first-order valence-corrected chi connectivity index (χ1v) is 8.14. The number of ether oxygens (including phenoxy) is 2. The second kappa shape index (κ2) is 7.34. The van der Waals surface area contributed by atoms with E-state index in [-0.39, 0.29) is 0 Å². The maximum absolute atomic E-state index is 11.1. The molecule has 1 aliphatic carbocycles. The topological polar surface area (TPSA) is 60.5 Å². The van der Waals surface area contributed by atoms with Crippen LogP contribution in [0.1, 0.15) is 40.2 Å². The van der Waals surface area contributed by atoms with Gasteiger partial charge >= 0.3 is 0 Å². The smallest absolute Gasteiger partial charge is 0.152 e. The summed E-state index contributed by atoms with van der Waals surface area (Å²) in [5.41, 5.74) is 3.93. The molecule has 0 bridgehead atoms. The van der Waals surface area contributed by atoms with E-state index in [1.165, 1.54) is 11.1 Å². The zero-order valence-corrected chi connectivity index (χ0v) is 14.0. The number of pyridine rings is 1. The van der Waals surface area contributed by atoms with E-state index in [0.717, 1.165) is 49.3 Å². The Bertz CT molecular complexity index is 713. The lowest BCUT2D eigenvalue weighted by Crippen LogP contribution is -2.19. The van der Waals surface area contributed by atoms with Crippen LogP contribution in [-0.4, -0.2) is 32.0 Å². The van der Waals surface area contributed by atoms with E-state index in [2.05, 4.69) is 16.4 Å². The van der Waals surface area contributed by atoms with Gasteiger partial charge in [0, 0.05) is 35.9 Å². The van der Waals surface area contributed by atoms with Gasteiger partial charge in [0.25, 0.3) is 0 Å². The molecule has 1 N–H and O–H groups in total. The minimum Gasteiger partial charge on any atom is -0.497 e. The Morgan fingerprint density at radius 1 is 1.33 bits per heavy atom. The Hall–Kier alpha value is -2.56. The van der Waals surface area contributed by atoms with Crippen LogP contribution < -0.4 is 14.8 Å². The predicted octanol–water partition coefficient (Wildman–Crippen LogP) is 3.44. The second-order valence-corrected chi connectivity index (χ2v) is 5.95. The summed E-state index contributed by atoms with van der Waals surface area (Å²) in [6.45, 7) is 0.738. The van der Waals surface area contributed by atoms with Crippen LogP contribution in [0, 0.1) is 0 Å². The third-order valence-corrected chi connectivity index (χ3v) is 4.58. The normalized spacial score (nSPS) is 16.2. The number of fused-ring (bicyclic) bond motifs is 1. The first-order chi connectivity index (χ1) is 11.8. The molecule has 0 radical (unpaired) electrons. The van der Waals surface area contributed by atoms with Crippen molar-refractivity contribution in [2.24, 2.45) is 0 Å². The predicted molar refractivity (Wildman–Crippen MR) is 93.3 cm³/mol. The molecule has 1 heterocycles. The number of carbonyl (C=O) groups excluding carboxylic acids is 1. The lowest BCUT2D eigenvalue weighted by Gasteiger charge is -2.28. The summed E-state index contributed by atoms with van der Waals surface area (Å²) in [6.07, 6.45) is 7.41. The summed E-state index contributed by atoms with van der Waals surface area (Å²) >= 11 is 0. The molecule has 1 aromatic heterocycles. The molecule has 0 amide bonds. The average molecular weight is 326 g/mol. The van der Waals surface area contributed by atoms with Crippen molar-refractivity contribution >= 4 is 12.0 Å². The highest BCUT2D eigenvalue weighted by Crippen LogP contribution is 2.40. The van der Waals surface area contributed by atoms with Crippen LogP contribution in [0.3, 0.4) is 0 Å². The summed E-state index contributed by atoms with van der Waals surface area (Å²) in [5.74, 6) is 2.03. The van der Waals surface area contributed by atoms with Gasteiger partial charge < -0.3 is 14.8 Å². The maximum atomic E-state index is 11.1. The molecule has 0 fully saturated rings. The van der Waals surface area contributed by atoms with E-state index in [9.17, 15) is 4.79 Å². The number of aryl methyl sites for hydroxylation is 1. The van der Waals surface area contributed by atoms with Gasteiger partial charge in [-0.15, -0.1) is 0 Å². The minimum atomic E-state index is 0.328. The molecule has 2 aromatic rings. The van der Waals surface area contributed by atoms with Crippen molar-refractivity contribution in [1.82, 2.24) is 4.98 Å². The minimum absolute atomic E-state index is 0.328. The van der Waals surface area contributed by atoms with E-state index in [4.69, 9.17) is 9.47 Å². The number of anilines is 1. The van der Waals surface area contributed by atoms with Crippen molar-refractivity contribution in [3.63, 3.8) is 0 Å². The van der Waals surface area contributed by atoms with Gasteiger partial charge in [-0.3, -0.25) is 9.78 Å². The summed E-state index contributed by atoms with van der Waals surface area (Å²) in [5, 5.41) is 3.37. The monoisotopic (exact) mass is 326 g/mol. The van der Waals surface area contributed by atoms with Crippen LogP contribution >= 0.6 is 0 Å². The molecule has 0 saturated heterocycles. The van der Waals surface area contributed by atoms with E-state index >= 15 is 0 Å². The van der Waals surface area contributed by atoms with E-state index < -0.39 is 0 Å². The zero-order chi connectivity index (χ0) is 16.9. The van der Waals surface area contributed by atoms with Crippen LogP contribution in [0.2, 0.25) is 0 Å². The Labute approximate surface area is 142 Å². The molecule has 0 aliphatic heterocycles. The third kappa shape index (κ3) is 3.20. The molecule has 5 nitrogen and oxygen atoms in total. The van der Waals surface area contributed by atoms with Gasteiger partial charge in [-0.2, -0.15) is 0 Å². The van der Waals surface area contributed by atoms with Crippen LogP contribution in [0.5, 0.6) is 11.5 Å². The highest BCUT2D eigenvalue weighted by atomic mass is 16.5. The summed E-state index contributed by atoms with van der Waals surface area (Å²) in [6, 6.07) is 5.76. The Balaban J connectivity index is 1.85. The fourth-order valence-corrected chi connectivity index (χ4v) is 3.39. The number of rotatable bonds is 6. The van der Waals surface area contributed by atoms with Crippen molar-refractivity contribution in [2.75, 3.05) is 26.1 Å². The van der Waals surface area contributed by atoms with Crippen molar-refractivity contribution in [1.29, 1.82) is 0 Å². The molecule has 24 heavy (non-hydrogen) atoms. The van der Waals surface area contributed by atoms with Crippen LogP contribution in [0.25, 0.3) is 0 Å². The largest absolute Gasteiger partial charge is 0.497 e. The standard InChI is InChI=1S/C19H22N2O3/c1-23-16-8-13-4-3-5-14(19(13)18(9-16)24-2)10-21-17-11-20-7-6-15(17)12-22/h6-9,11-12,14,21H,3-5,10H2,1-2H3. The Morgan fingerprint density at radius 2 is 2.21 bits per heavy atom. The number of nitrogens with one attached hydrogen (secondary N) is 1. The highest BCUT2D eigenvalue weighted by molar-refractivity contribution is 5.83. The first-order valence-electron chi connectivity index (χ1n) is 8.14. The van der Waals surface area contributed by atoms with Gasteiger partial charge in [0.05, 0.1) is 26.1 Å². The average Bonchev–Trinajstić information content (AvgIpc) is 2.65. The fraction of sp³-hybridized carbons (Fsp3) is 0.368. The molecule has 126 valence electrons. The van der Waals surface area contributed by atoms with Crippen LogP contribution in [-0.2, 0) is 6.42 Å². The van der Waals surface area contributed by atoms with Gasteiger partial charge in [0.15, 0.2) is 6.29 Å². The molecule has 1 aromatic carbocycles.